The number of hydrogen-bond donors (Lipinski definition) is 0. The SMILES string of the molecule is CC(C)COC(=O)C1(C)CC1. The van der Waals surface area contributed by atoms with Crippen molar-refractivity contribution in [3.8, 4) is 0 Å². The molecule has 1 aliphatic carbocycles. The van der Waals surface area contributed by atoms with Crippen molar-refractivity contribution >= 4 is 5.97 Å². The molecule has 1 aliphatic rings. The lowest BCUT2D eigenvalue weighted by Gasteiger charge is -2.10. The van der Waals surface area contributed by atoms with E-state index >= 15 is 0 Å². The Morgan fingerprint density at radius 2 is 2.09 bits per heavy atom. The van der Waals surface area contributed by atoms with Crippen LogP contribution in [0.25, 0.3) is 0 Å². The topological polar surface area (TPSA) is 26.3 Å². The van der Waals surface area contributed by atoms with Gasteiger partial charge in [-0.05, 0) is 25.7 Å². The Morgan fingerprint density at radius 1 is 1.55 bits per heavy atom. The van der Waals surface area contributed by atoms with E-state index < -0.39 is 0 Å². The van der Waals surface area contributed by atoms with Crippen LogP contribution in [0, 0.1) is 11.3 Å². The Balaban J connectivity index is 2.22. The number of ether oxygens (including phenoxy) is 1. The maximum absolute atomic E-state index is 11.2. The van der Waals surface area contributed by atoms with Crippen molar-refractivity contribution in [1.82, 2.24) is 0 Å². The highest BCUT2D eigenvalue weighted by Crippen LogP contribution is 2.45. The zero-order valence-corrected chi connectivity index (χ0v) is 7.52. The molecule has 2 heteroatoms. The summed E-state index contributed by atoms with van der Waals surface area (Å²) in [6, 6.07) is 0. The van der Waals surface area contributed by atoms with Crippen LogP contribution < -0.4 is 0 Å². The van der Waals surface area contributed by atoms with E-state index in [0.29, 0.717) is 12.5 Å². The molecule has 0 radical (unpaired) electrons. The Morgan fingerprint density at radius 3 is 2.45 bits per heavy atom. The molecule has 0 heterocycles. The van der Waals surface area contributed by atoms with Gasteiger partial charge in [0.05, 0.1) is 12.0 Å². The largest absolute Gasteiger partial charge is 0.465 e. The highest BCUT2D eigenvalue weighted by atomic mass is 16.5. The second-order valence-corrected chi connectivity index (χ2v) is 4.05. The fraction of sp³-hybridized carbons (Fsp3) is 0.889. The van der Waals surface area contributed by atoms with Crippen molar-refractivity contribution < 1.29 is 9.53 Å². The van der Waals surface area contributed by atoms with Crippen molar-refractivity contribution in [2.75, 3.05) is 6.61 Å². The lowest BCUT2D eigenvalue weighted by Crippen LogP contribution is -2.18. The normalized spacial score (nSPS) is 20.0. The third-order valence-corrected chi connectivity index (χ3v) is 2.04. The first kappa shape index (κ1) is 8.57. The molecule has 0 aromatic carbocycles. The van der Waals surface area contributed by atoms with Crippen LogP contribution in [0.5, 0.6) is 0 Å². The molecular formula is C9H16O2. The quantitative estimate of drug-likeness (QED) is 0.584. The number of esters is 1. The summed E-state index contributed by atoms with van der Waals surface area (Å²) in [4.78, 5) is 11.2. The summed E-state index contributed by atoms with van der Waals surface area (Å²) in [6.45, 7) is 6.62. The van der Waals surface area contributed by atoms with Crippen molar-refractivity contribution in [2.45, 2.75) is 33.6 Å². The maximum Gasteiger partial charge on any atom is 0.311 e. The van der Waals surface area contributed by atoms with Crippen LogP contribution >= 0.6 is 0 Å². The molecule has 0 amide bonds. The minimum Gasteiger partial charge on any atom is -0.465 e. The van der Waals surface area contributed by atoms with Crippen molar-refractivity contribution in [2.24, 2.45) is 11.3 Å². The molecule has 0 unspecified atom stereocenters. The standard InChI is InChI=1S/C9H16O2/c1-7(2)6-11-8(10)9(3)4-5-9/h7H,4-6H2,1-3H3. The van der Waals surface area contributed by atoms with Crippen LogP contribution in [0.3, 0.4) is 0 Å². The summed E-state index contributed by atoms with van der Waals surface area (Å²) in [5.41, 5.74) is -0.116. The van der Waals surface area contributed by atoms with Gasteiger partial charge in [-0.15, -0.1) is 0 Å². The molecular weight excluding hydrogens is 140 g/mol. The zero-order chi connectivity index (χ0) is 8.48. The first-order valence-electron chi connectivity index (χ1n) is 4.22. The third-order valence-electron chi connectivity index (χ3n) is 2.04. The van der Waals surface area contributed by atoms with Gasteiger partial charge < -0.3 is 4.74 Å². The van der Waals surface area contributed by atoms with Crippen molar-refractivity contribution in [3.63, 3.8) is 0 Å². The molecule has 0 saturated heterocycles. The van der Waals surface area contributed by atoms with Crippen LogP contribution in [0.1, 0.15) is 33.6 Å². The number of rotatable bonds is 3. The van der Waals surface area contributed by atoms with E-state index in [2.05, 4.69) is 0 Å². The van der Waals surface area contributed by atoms with Crippen LogP contribution in [0.15, 0.2) is 0 Å². The van der Waals surface area contributed by atoms with Gasteiger partial charge in [-0.3, -0.25) is 4.79 Å². The van der Waals surface area contributed by atoms with E-state index in [1.54, 1.807) is 0 Å². The summed E-state index contributed by atoms with van der Waals surface area (Å²) in [5, 5.41) is 0. The molecule has 0 atom stereocenters. The Bertz CT molecular complexity index is 157. The molecule has 0 aromatic heterocycles. The van der Waals surface area contributed by atoms with Gasteiger partial charge >= 0.3 is 5.97 Å². The zero-order valence-electron chi connectivity index (χ0n) is 7.52. The van der Waals surface area contributed by atoms with Crippen LogP contribution in [-0.2, 0) is 9.53 Å². The molecule has 0 aliphatic heterocycles. The summed E-state index contributed by atoms with van der Waals surface area (Å²) in [7, 11) is 0. The monoisotopic (exact) mass is 156 g/mol. The summed E-state index contributed by atoms with van der Waals surface area (Å²) in [6.07, 6.45) is 2.01. The average Bonchev–Trinajstić information content (AvgIpc) is 2.64. The predicted molar refractivity (Wildman–Crippen MR) is 43.1 cm³/mol. The van der Waals surface area contributed by atoms with Gasteiger partial charge in [0.15, 0.2) is 0 Å². The molecule has 64 valence electrons. The minimum absolute atomic E-state index is 0.00815. The van der Waals surface area contributed by atoms with Gasteiger partial charge in [-0.25, -0.2) is 0 Å². The van der Waals surface area contributed by atoms with E-state index in [4.69, 9.17) is 4.74 Å². The maximum atomic E-state index is 11.2. The lowest BCUT2D eigenvalue weighted by atomic mass is 10.1. The van der Waals surface area contributed by atoms with E-state index in [1.165, 1.54) is 0 Å². The second kappa shape index (κ2) is 2.84. The molecule has 2 nitrogen and oxygen atoms in total. The highest BCUT2D eigenvalue weighted by molar-refractivity contribution is 5.79. The Kier molecular flexibility index (Phi) is 2.21. The van der Waals surface area contributed by atoms with Gasteiger partial charge in [-0.1, -0.05) is 13.8 Å². The van der Waals surface area contributed by atoms with Crippen molar-refractivity contribution in [1.29, 1.82) is 0 Å². The fourth-order valence-electron chi connectivity index (χ4n) is 0.808. The molecule has 0 N–H and O–H groups in total. The summed E-state index contributed by atoms with van der Waals surface area (Å²) >= 11 is 0. The molecule has 1 rings (SSSR count). The lowest BCUT2D eigenvalue weighted by molar-refractivity contribution is -0.150. The first-order valence-corrected chi connectivity index (χ1v) is 4.22. The predicted octanol–water partition coefficient (Wildman–Crippen LogP) is 1.99. The van der Waals surface area contributed by atoms with Crippen LogP contribution in [0.4, 0.5) is 0 Å². The van der Waals surface area contributed by atoms with Gasteiger partial charge in [0.1, 0.15) is 0 Å². The highest BCUT2D eigenvalue weighted by Gasteiger charge is 2.46. The van der Waals surface area contributed by atoms with E-state index in [9.17, 15) is 4.79 Å². The van der Waals surface area contributed by atoms with Gasteiger partial charge in [0.2, 0.25) is 0 Å². The first-order chi connectivity index (χ1) is 5.04. The Hall–Kier alpha value is -0.530. The molecule has 0 spiro atoms. The number of carbonyl (C=O) groups is 1. The van der Waals surface area contributed by atoms with Crippen molar-refractivity contribution in [3.05, 3.63) is 0 Å². The molecule has 1 saturated carbocycles. The smallest absolute Gasteiger partial charge is 0.311 e. The van der Waals surface area contributed by atoms with E-state index in [0.717, 1.165) is 12.8 Å². The van der Waals surface area contributed by atoms with Crippen LogP contribution in [-0.4, -0.2) is 12.6 Å². The second-order valence-electron chi connectivity index (χ2n) is 4.05. The minimum atomic E-state index is -0.116. The molecule has 0 bridgehead atoms. The summed E-state index contributed by atoms with van der Waals surface area (Å²) < 4.78 is 5.09. The molecule has 1 fully saturated rings. The molecule has 0 aromatic rings. The number of hydrogen-bond acceptors (Lipinski definition) is 2. The van der Waals surface area contributed by atoms with Gasteiger partial charge in [0, 0.05) is 0 Å². The van der Waals surface area contributed by atoms with E-state index in [1.807, 2.05) is 20.8 Å². The third kappa shape index (κ3) is 2.21. The Labute approximate surface area is 67.9 Å². The number of carbonyl (C=O) groups excluding carboxylic acids is 1. The summed E-state index contributed by atoms with van der Waals surface area (Å²) in [5.74, 6) is 0.438. The average molecular weight is 156 g/mol. The van der Waals surface area contributed by atoms with Crippen LogP contribution in [0.2, 0.25) is 0 Å². The fourth-order valence-corrected chi connectivity index (χ4v) is 0.808. The van der Waals surface area contributed by atoms with E-state index in [-0.39, 0.29) is 11.4 Å². The van der Waals surface area contributed by atoms with Gasteiger partial charge in [-0.2, -0.15) is 0 Å². The van der Waals surface area contributed by atoms with Gasteiger partial charge in [0.25, 0.3) is 0 Å². The molecule has 11 heavy (non-hydrogen) atoms.